The van der Waals surface area contributed by atoms with Crippen LogP contribution in [0.15, 0.2) is 43.5 Å². The molecule has 0 saturated heterocycles. The lowest BCUT2D eigenvalue weighted by Crippen LogP contribution is -2.09. The van der Waals surface area contributed by atoms with Crippen LogP contribution in [0.3, 0.4) is 0 Å². The summed E-state index contributed by atoms with van der Waals surface area (Å²) in [4.78, 5) is 13.0. The van der Waals surface area contributed by atoms with Gasteiger partial charge in [-0.05, 0) is 62.2 Å². The molecule has 0 aliphatic carbocycles. The van der Waals surface area contributed by atoms with Gasteiger partial charge < -0.3 is 5.32 Å². The molecule has 0 atom stereocenters. The molecule has 20 heavy (non-hydrogen) atoms. The van der Waals surface area contributed by atoms with Gasteiger partial charge >= 0.3 is 0 Å². The van der Waals surface area contributed by atoms with Crippen molar-refractivity contribution in [3.8, 4) is 0 Å². The fourth-order valence-corrected chi connectivity index (χ4v) is 3.80. The number of alkyl halides is 2. The zero-order chi connectivity index (χ0) is 14.7. The molecule has 0 fully saturated rings. The number of anilines is 1. The van der Waals surface area contributed by atoms with Crippen LogP contribution in [-0.2, 0) is 0 Å². The lowest BCUT2D eigenvalue weighted by molar-refractivity contribution is 0.103. The van der Waals surface area contributed by atoms with Gasteiger partial charge in [0.15, 0.2) is 0 Å². The number of thiophene rings is 1. The van der Waals surface area contributed by atoms with Crippen molar-refractivity contribution < 1.29 is 13.6 Å². The van der Waals surface area contributed by atoms with E-state index in [1.165, 1.54) is 11.3 Å². The minimum absolute atomic E-state index is 0.240. The molecule has 106 valence electrons. The lowest BCUT2D eigenvalue weighted by atomic mass is 10.3. The Bertz CT molecular complexity index is 597. The number of hydrogen-bond acceptors (Lipinski definition) is 3. The van der Waals surface area contributed by atoms with Crippen molar-refractivity contribution in [1.82, 2.24) is 0 Å². The Hall–Kier alpha value is -0.440. The van der Waals surface area contributed by atoms with Gasteiger partial charge in [-0.1, -0.05) is 11.8 Å². The fraction of sp³-hybridized carbons (Fsp3) is 0.0833. The molecule has 0 aliphatic heterocycles. The van der Waals surface area contributed by atoms with E-state index in [2.05, 4.69) is 37.2 Å². The smallest absolute Gasteiger partial charge is 0.288 e. The van der Waals surface area contributed by atoms with E-state index < -0.39 is 5.76 Å². The Kier molecular flexibility index (Phi) is 5.59. The SMILES string of the molecule is O=C(Nc1ccc(SC(F)F)cc1)c1cc(Br)c(Br)s1. The topological polar surface area (TPSA) is 29.1 Å². The average molecular weight is 443 g/mol. The third-order valence-electron chi connectivity index (χ3n) is 2.21. The molecule has 0 spiro atoms. The molecule has 0 unspecified atom stereocenters. The van der Waals surface area contributed by atoms with Gasteiger partial charge in [0, 0.05) is 15.1 Å². The molecule has 0 aliphatic rings. The van der Waals surface area contributed by atoms with Crippen LogP contribution in [0, 0.1) is 0 Å². The normalized spacial score (nSPS) is 10.8. The number of hydrogen-bond donors (Lipinski definition) is 1. The zero-order valence-corrected chi connectivity index (χ0v) is 14.5. The summed E-state index contributed by atoms with van der Waals surface area (Å²) < 4.78 is 26.0. The van der Waals surface area contributed by atoms with Gasteiger partial charge in [0.25, 0.3) is 11.7 Å². The van der Waals surface area contributed by atoms with Crippen LogP contribution in [0.1, 0.15) is 9.67 Å². The van der Waals surface area contributed by atoms with Gasteiger partial charge in [0.2, 0.25) is 0 Å². The number of carbonyl (C=O) groups is 1. The number of amides is 1. The minimum atomic E-state index is -2.45. The highest BCUT2D eigenvalue weighted by molar-refractivity contribution is 9.13. The summed E-state index contributed by atoms with van der Waals surface area (Å²) in [6.07, 6.45) is 0. The maximum absolute atomic E-state index is 12.2. The number of carbonyl (C=O) groups excluding carboxylic acids is 1. The van der Waals surface area contributed by atoms with E-state index in [0.717, 1.165) is 8.26 Å². The minimum Gasteiger partial charge on any atom is -0.321 e. The van der Waals surface area contributed by atoms with Gasteiger partial charge in [-0.15, -0.1) is 11.3 Å². The summed E-state index contributed by atoms with van der Waals surface area (Å²) in [7, 11) is 0. The number of halogens is 4. The Morgan fingerprint density at radius 1 is 1.25 bits per heavy atom. The average Bonchev–Trinajstić information content (AvgIpc) is 2.71. The molecule has 2 nitrogen and oxygen atoms in total. The molecule has 1 amide bonds. The Morgan fingerprint density at radius 3 is 2.40 bits per heavy atom. The number of rotatable bonds is 4. The first-order valence-electron chi connectivity index (χ1n) is 5.27. The van der Waals surface area contributed by atoms with E-state index in [9.17, 15) is 13.6 Å². The van der Waals surface area contributed by atoms with Crippen LogP contribution in [-0.4, -0.2) is 11.7 Å². The zero-order valence-electron chi connectivity index (χ0n) is 9.70. The molecule has 1 aromatic heterocycles. The van der Waals surface area contributed by atoms with E-state index in [0.29, 0.717) is 27.2 Å². The molecular formula is C12H7Br2F2NOS2. The predicted octanol–water partition coefficient (Wildman–Crippen LogP) is 5.84. The fourth-order valence-electron chi connectivity index (χ4n) is 1.37. The van der Waals surface area contributed by atoms with Crippen LogP contribution < -0.4 is 5.32 Å². The molecule has 1 N–H and O–H groups in total. The Balaban J connectivity index is 2.04. The first-order chi connectivity index (χ1) is 9.45. The standard InChI is InChI=1S/C12H7Br2F2NOS2/c13-8-5-9(20-10(8)14)11(18)17-6-1-3-7(4-2-6)19-12(15)16/h1-5,12H,(H,17,18). The first-order valence-corrected chi connectivity index (χ1v) is 8.55. The number of nitrogens with one attached hydrogen (secondary N) is 1. The molecule has 2 rings (SSSR count). The van der Waals surface area contributed by atoms with E-state index in [1.54, 1.807) is 30.3 Å². The summed E-state index contributed by atoms with van der Waals surface area (Å²) in [6, 6.07) is 8.01. The van der Waals surface area contributed by atoms with Gasteiger partial charge in [-0.2, -0.15) is 8.78 Å². The molecule has 0 saturated carbocycles. The number of thioether (sulfide) groups is 1. The summed E-state index contributed by atoms with van der Waals surface area (Å²) in [5.74, 6) is -2.69. The molecule has 0 radical (unpaired) electrons. The maximum atomic E-state index is 12.2. The highest BCUT2D eigenvalue weighted by Crippen LogP contribution is 2.33. The second kappa shape index (κ2) is 7.02. The third kappa shape index (κ3) is 4.28. The van der Waals surface area contributed by atoms with Crippen LogP contribution in [0.2, 0.25) is 0 Å². The second-order valence-corrected chi connectivity index (χ2v) is 7.88. The monoisotopic (exact) mass is 441 g/mol. The number of benzene rings is 1. The molecule has 1 aromatic carbocycles. The summed E-state index contributed by atoms with van der Waals surface area (Å²) in [6.45, 7) is 0. The Morgan fingerprint density at radius 2 is 1.90 bits per heavy atom. The molecule has 1 heterocycles. The highest BCUT2D eigenvalue weighted by Gasteiger charge is 2.12. The van der Waals surface area contributed by atoms with Crippen molar-refractivity contribution >= 4 is 66.6 Å². The largest absolute Gasteiger partial charge is 0.321 e. The van der Waals surface area contributed by atoms with Gasteiger partial charge in [-0.3, -0.25) is 4.79 Å². The molecular weight excluding hydrogens is 436 g/mol. The maximum Gasteiger partial charge on any atom is 0.288 e. The second-order valence-electron chi connectivity index (χ2n) is 3.59. The van der Waals surface area contributed by atoms with Crippen LogP contribution >= 0.6 is 55.0 Å². The van der Waals surface area contributed by atoms with Gasteiger partial charge in [-0.25, -0.2) is 0 Å². The molecule has 2 aromatic rings. The van der Waals surface area contributed by atoms with E-state index >= 15 is 0 Å². The van der Waals surface area contributed by atoms with E-state index in [4.69, 9.17) is 0 Å². The summed E-state index contributed by atoms with van der Waals surface area (Å²) in [5.41, 5.74) is 0.564. The van der Waals surface area contributed by atoms with Crippen molar-refractivity contribution in [3.63, 3.8) is 0 Å². The summed E-state index contributed by atoms with van der Waals surface area (Å²) in [5, 5.41) is 2.71. The van der Waals surface area contributed by atoms with Crippen LogP contribution in [0.25, 0.3) is 0 Å². The van der Waals surface area contributed by atoms with Crippen LogP contribution in [0.5, 0.6) is 0 Å². The van der Waals surface area contributed by atoms with E-state index in [-0.39, 0.29) is 5.91 Å². The van der Waals surface area contributed by atoms with Crippen molar-refractivity contribution in [1.29, 1.82) is 0 Å². The van der Waals surface area contributed by atoms with Gasteiger partial charge in [0.05, 0.1) is 8.66 Å². The van der Waals surface area contributed by atoms with Crippen LogP contribution in [0.4, 0.5) is 14.5 Å². The Labute approximate surface area is 139 Å². The predicted molar refractivity (Wildman–Crippen MR) is 86.0 cm³/mol. The van der Waals surface area contributed by atoms with Crippen molar-refractivity contribution in [3.05, 3.63) is 43.5 Å². The summed E-state index contributed by atoms with van der Waals surface area (Å²) >= 11 is 8.41. The van der Waals surface area contributed by atoms with Crippen molar-refractivity contribution in [2.75, 3.05) is 5.32 Å². The molecule has 0 bridgehead atoms. The lowest BCUT2D eigenvalue weighted by Gasteiger charge is -2.05. The first kappa shape index (κ1) is 15.9. The molecule has 8 heteroatoms. The van der Waals surface area contributed by atoms with Crippen molar-refractivity contribution in [2.45, 2.75) is 10.7 Å². The third-order valence-corrected chi connectivity index (χ3v) is 6.18. The van der Waals surface area contributed by atoms with Crippen molar-refractivity contribution in [2.24, 2.45) is 0 Å². The highest BCUT2D eigenvalue weighted by atomic mass is 79.9. The van der Waals surface area contributed by atoms with Gasteiger partial charge in [0.1, 0.15) is 0 Å². The van der Waals surface area contributed by atoms with E-state index in [1.807, 2.05) is 0 Å². The quantitative estimate of drug-likeness (QED) is 0.602.